The molecule has 0 aromatic carbocycles. The number of carbonyl (C=O) groups is 2. The largest absolute Gasteiger partial charge is 0.459 e. The number of β-amino-alcohol motifs (C(OH)–C–C–N with tert-alkyl or cyclic N) is 1. The number of aliphatic hydroxyl groups excluding tert-OH is 1. The average molecular weight is 349 g/mol. The van der Waals surface area contributed by atoms with Crippen molar-refractivity contribution >= 4 is 28.2 Å². The van der Waals surface area contributed by atoms with Crippen LogP contribution in [0.25, 0.3) is 0 Å². The Morgan fingerprint density at radius 1 is 1.42 bits per heavy atom. The Bertz CT molecular complexity index is 726. The van der Waals surface area contributed by atoms with E-state index in [-0.39, 0.29) is 23.5 Å². The van der Waals surface area contributed by atoms with Crippen LogP contribution in [0.4, 0.5) is 5.00 Å². The molecule has 2 atom stereocenters. The summed E-state index contributed by atoms with van der Waals surface area (Å²) in [5.74, 6) is -0.314. The minimum atomic E-state index is -0.433. The lowest BCUT2D eigenvalue weighted by Gasteiger charge is -2.13. The zero-order valence-corrected chi connectivity index (χ0v) is 14.0. The Balaban J connectivity index is 1.60. The third-order valence-electron chi connectivity index (χ3n) is 3.93. The number of nitrogens with one attached hydrogen (secondary N) is 3. The van der Waals surface area contributed by atoms with E-state index >= 15 is 0 Å². The van der Waals surface area contributed by atoms with Crippen molar-refractivity contribution in [2.45, 2.75) is 13.0 Å². The predicted octanol–water partition coefficient (Wildman–Crippen LogP) is 1.21. The van der Waals surface area contributed by atoms with Gasteiger partial charge in [-0.2, -0.15) is 0 Å². The molecule has 0 saturated carbocycles. The summed E-state index contributed by atoms with van der Waals surface area (Å²) in [7, 11) is 0. The highest BCUT2D eigenvalue weighted by Gasteiger charge is 2.25. The van der Waals surface area contributed by atoms with Crippen molar-refractivity contribution in [2.24, 2.45) is 5.92 Å². The van der Waals surface area contributed by atoms with Crippen molar-refractivity contribution in [2.75, 3.05) is 25.0 Å². The molecule has 2 aromatic rings. The van der Waals surface area contributed by atoms with Crippen molar-refractivity contribution in [1.29, 1.82) is 0 Å². The van der Waals surface area contributed by atoms with Crippen LogP contribution in [0, 0.1) is 12.8 Å². The Morgan fingerprint density at radius 3 is 2.92 bits per heavy atom. The van der Waals surface area contributed by atoms with E-state index in [1.165, 1.54) is 17.6 Å². The van der Waals surface area contributed by atoms with Gasteiger partial charge in [0, 0.05) is 25.6 Å². The number of thiophene rings is 1. The molecule has 2 aromatic heterocycles. The second-order valence-corrected chi connectivity index (χ2v) is 6.80. The number of furan rings is 1. The Hall–Kier alpha value is -2.16. The molecule has 0 bridgehead atoms. The van der Waals surface area contributed by atoms with Crippen LogP contribution >= 0.6 is 11.3 Å². The molecule has 4 N–H and O–H groups in total. The second-order valence-electron chi connectivity index (χ2n) is 5.75. The van der Waals surface area contributed by atoms with Gasteiger partial charge in [-0.1, -0.05) is 0 Å². The standard InChI is InChI=1S/C16H19N3O4S/c1-9-5-13(19-15(21)12-3-2-4-23-12)24-14(9)16(22)18-7-10-6-17-8-11(10)20/h2-5,10-11,17,20H,6-8H2,1H3,(H,18,22)(H,19,21). The lowest BCUT2D eigenvalue weighted by molar-refractivity contribution is 0.0929. The topological polar surface area (TPSA) is 104 Å². The highest BCUT2D eigenvalue weighted by atomic mass is 32.1. The van der Waals surface area contributed by atoms with Gasteiger partial charge in [0.2, 0.25) is 0 Å². The molecule has 128 valence electrons. The van der Waals surface area contributed by atoms with Gasteiger partial charge in [0.25, 0.3) is 11.8 Å². The van der Waals surface area contributed by atoms with Crippen molar-refractivity contribution in [3.63, 3.8) is 0 Å². The molecule has 0 radical (unpaired) electrons. The molecule has 1 fully saturated rings. The van der Waals surface area contributed by atoms with Crippen molar-refractivity contribution in [3.05, 3.63) is 40.7 Å². The predicted molar refractivity (Wildman–Crippen MR) is 90.4 cm³/mol. The van der Waals surface area contributed by atoms with Crippen LogP contribution in [-0.4, -0.2) is 42.7 Å². The minimum absolute atomic E-state index is 0.0207. The first-order valence-corrected chi connectivity index (χ1v) is 8.48. The first-order valence-electron chi connectivity index (χ1n) is 7.67. The van der Waals surface area contributed by atoms with Crippen LogP contribution in [0.15, 0.2) is 28.9 Å². The fourth-order valence-electron chi connectivity index (χ4n) is 2.58. The Kier molecular flexibility index (Phi) is 4.98. The summed E-state index contributed by atoms with van der Waals surface area (Å²) in [5, 5.41) is 19.0. The number of carbonyl (C=O) groups excluding carboxylic acids is 2. The van der Waals surface area contributed by atoms with E-state index in [4.69, 9.17) is 4.42 Å². The van der Waals surface area contributed by atoms with Gasteiger partial charge >= 0.3 is 0 Å². The first kappa shape index (κ1) is 16.7. The van der Waals surface area contributed by atoms with E-state index < -0.39 is 6.10 Å². The number of hydrogen-bond acceptors (Lipinski definition) is 6. The number of aryl methyl sites for hydroxylation is 1. The van der Waals surface area contributed by atoms with Crippen LogP contribution in [0.5, 0.6) is 0 Å². The van der Waals surface area contributed by atoms with Gasteiger partial charge in [0.15, 0.2) is 5.76 Å². The summed E-state index contributed by atoms with van der Waals surface area (Å²) in [5.41, 5.74) is 0.789. The summed E-state index contributed by atoms with van der Waals surface area (Å²) < 4.78 is 5.04. The van der Waals surface area contributed by atoms with Gasteiger partial charge in [0.05, 0.1) is 22.2 Å². The molecule has 2 amide bonds. The maximum Gasteiger partial charge on any atom is 0.291 e. The van der Waals surface area contributed by atoms with Gasteiger partial charge in [-0.05, 0) is 30.7 Å². The fraction of sp³-hybridized carbons (Fsp3) is 0.375. The smallest absolute Gasteiger partial charge is 0.291 e. The van der Waals surface area contributed by atoms with Crippen molar-refractivity contribution < 1.29 is 19.1 Å². The van der Waals surface area contributed by atoms with Crippen molar-refractivity contribution in [3.8, 4) is 0 Å². The third-order valence-corrected chi connectivity index (χ3v) is 5.09. The van der Waals surface area contributed by atoms with E-state index in [0.29, 0.717) is 29.5 Å². The van der Waals surface area contributed by atoms with Crippen LogP contribution < -0.4 is 16.0 Å². The molecular formula is C16H19N3O4S. The lowest BCUT2D eigenvalue weighted by Crippen LogP contribution is -2.34. The summed E-state index contributed by atoms with van der Waals surface area (Å²) >= 11 is 1.21. The van der Waals surface area contributed by atoms with E-state index in [9.17, 15) is 14.7 Å². The highest BCUT2D eigenvalue weighted by molar-refractivity contribution is 7.18. The third kappa shape index (κ3) is 3.66. The minimum Gasteiger partial charge on any atom is -0.459 e. The second kappa shape index (κ2) is 7.16. The summed E-state index contributed by atoms with van der Waals surface area (Å²) in [4.78, 5) is 24.8. The normalized spacial score (nSPS) is 20.1. The Morgan fingerprint density at radius 2 is 2.25 bits per heavy atom. The van der Waals surface area contributed by atoms with Gasteiger partial charge < -0.3 is 25.5 Å². The fourth-order valence-corrected chi connectivity index (χ4v) is 3.57. The monoisotopic (exact) mass is 349 g/mol. The zero-order valence-electron chi connectivity index (χ0n) is 13.2. The first-order chi connectivity index (χ1) is 11.5. The summed E-state index contributed by atoms with van der Waals surface area (Å²) in [6, 6.07) is 4.97. The number of anilines is 1. The van der Waals surface area contributed by atoms with Gasteiger partial charge in [-0.15, -0.1) is 11.3 Å². The van der Waals surface area contributed by atoms with Crippen LogP contribution in [0.2, 0.25) is 0 Å². The molecule has 1 aliphatic heterocycles. The van der Waals surface area contributed by atoms with E-state index in [0.717, 1.165) is 5.56 Å². The van der Waals surface area contributed by atoms with Gasteiger partial charge in [-0.25, -0.2) is 0 Å². The molecule has 0 spiro atoms. The lowest BCUT2D eigenvalue weighted by atomic mass is 10.1. The molecule has 7 nitrogen and oxygen atoms in total. The summed E-state index contributed by atoms with van der Waals surface area (Å²) in [6.45, 7) is 3.48. The molecule has 1 aliphatic rings. The average Bonchev–Trinajstić information content (AvgIpc) is 3.26. The molecular weight excluding hydrogens is 330 g/mol. The molecule has 0 aliphatic carbocycles. The summed E-state index contributed by atoms with van der Waals surface area (Å²) in [6.07, 6.45) is 0.998. The SMILES string of the molecule is Cc1cc(NC(=O)c2ccco2)sc1C(=O)NCC1CNCC1O. The molecule has 8 heteroatoms. The van der Waals surface area contributed by atoms with Gasteiger partial charge in [0.1, 0.15) is 0 Å². The van der Waals surface area contributed by atoms with Gasteiger partial charge in [-0.3, -0.25) is 9.59 Å². The number of rotatable bonds is 5. The van der Waals surface area contributed by atoms with E-state index in [1.807, 2.05) is 6.92 Å². The highest BCUT2D eigenvalue weighted by Crippen LogP contribution is 2.27. The quantitative estimate of drug-likeness (QED) is 0.650. The van der Waals surface area contributed by atoms with Crippen LogP contribution in [-0.2, 0) is 0 Å². The van der Waals surface area contributed by atoms with Crippen LogP contribution in [0.1, 0.15) is 25.8 Å². The number of aliphatic hydroxyl groups is 1. The molecule has 3 rings (SSSR count). The van der Waals surface area contributed by atoms with E-state index in [1.54, 1.807) is 18.2 Å². The number of amides is 2. The molecule has 3 heterocycles. The molecule has 1 saturated heterocycles. The zero-order chi connectivity index (χ0) is 17.1. The van der Waals surface area contributed by atoms with Crippen LogP contribution in [0.3, 0.4) is 0 Å². The Labute approximate surface area is 143 Å². The molecule has 2 unspecified atom stereocenters. The van der Waals surface area contributed by atoms with Crippen molar-refractivity contribution in [1.82, 2.24) is 10.6 Å². The maximum absolute atomic E-state index is 12.3. The van der Waals surface area contributed by atoms with E-state index in [2.05, 4.69) is 16.0 Å². The molecule has 24 heavy (non-hydrogen) atoms. The number of hydrogen-bond donors (Lipinski definition) is 4. The maximum atomic E-state index is 12.3.